The van der Waals surface area contributed by atoms with Crippen molar-refractivity contribution in [2.75, 3.05) is 18.4 Å². The van der Waals surface area contributed by atoms with Gasteiger partial charge in [0, 0.05) is 23.6 Å². The Kier molecular flexibility index (Phi) is 7.08. The SMILES string of the molecule is Cc1ccc(NC(=O)C(C)N2CCC(N)C(C)(C)C2)c(Br)c1.Cl. The lowest BCUT2D eigenvalue weighted by molar-refractivity contribution is -0.122. The van der Waals surface area contributed by atoms with Gasteiger partial charge in [-0.15, -0.1) is 12.4 Å². The summed E-state index contributed by atoms with van der Waals surface area (Å²) >= 11 is 3.50. The number of hydrogen-bond donors (Lipinski definition) is 2. The van der Waals surface area contributed by atoms with Gasteiger partial charge in [-0.1, -0.05) is 19.9 Å². The molecule has 3 N–H and O–H groups in total. The van der Waals surface area contributed by atoms with Crippen molar-refractivity contribution in [1.82, 2.24) is 4.90 Å². The number of aryl methyl sites for hydroxylation is 1. The van der Waals surface area contributed by atoms with Crippen molar-refractivity contribution < 1.29 is 4.79 Å². The molecule has 0 radical (unpaired) electrons. The standard InChI is InChI=1S/C17H26BrN3O.ClH/c1-11-5-6-14(13(18)9-11)20-16(22)12(2)21-8-7-15(19)17(3,4)10-21;/h5-6,9,12,15H,7-8,10,19H2,1-4H3,(H,20,22);1H. The van der Waals surface area contributed by atoms with E-state index in [0.717, 1.165) is 35.2 Å². The lowest BCUT2D eigenvalue weighted by atomic mass is 9.79. The summed E-state index contributed by atoms with van der Waals surface area (Å²) in [4.78, 5) is 14.8. The highest BCUT2D eigenvalue weighted by atomic mass is 79.9. The van der Waals surface area contributed by atoms with Crippen LogP contribution in [0.5, 0.6) is 0 Å². The lowest BCUT2D eigenvalue weighted by Crippen LogP contribution is -2.56. The van der Waals surface area contributed by atoms with Gasteiger partial charge >= 0.3 is 0 Å². The molecule has 0 spiro atoms. The monoisotopic (exact) mass is 403 g/mol. The van der Waals surface area contributed by atoms with Gasteiger partial charge in [0.1, 0.15) is 0 Å². The first-order valence-electron chi connectivity index (χ1n) is 7.77. The fraction of sp³-hybridized carbons (Fsp3) is 0.588. The van der Waals surface area contributed by atoms with Crippen LogP contribution in [0, 0.1) is 12.3 Å². The van der Waals surface area contributed by atoms with Crippen LogP contribution in [0.4, 0.5) is 5.69 Å². The van der Waals surface area contributed by atoms with Crippen LogP contribution in [0.1, 0.15) is 32.8 Å². The molecule has 1 aromatic carbocycles. The molecule has 1 heterocycles. The number of carbonyl (C=O) groups excluding carboxylic acids is 1. The number of nitrogens with two attached hydrogens (primary N) is 1. The molecule has 2 unspecified atom stereocenters. The van der Waals surface area contributed by atoms with Gasteiger partial charge in [-0.25, -0.2) is 0 Å². The summed E-state index contributed by atoms with van der Waals surface area (Å²) in [7, 11) is 0. The fourth-order valence-electron chi connectivity index (χ4n) is 2.87. The average molecular weight is 405 g/mol. The van der Waals surface area contributed by atoms with Crippen molar-refractivity contribution >= 4 is 39.9 Å². The summed E-state index contributed by atoms with van der Waals surface area (Å²) in [6.07, 6.45) is 0.929. The Hall–Kier alpha value is -0.620. The van der Waals surface area contributed by atoms with E-state index in [9.17, 15) is 4.79 Å². The number of hydrogen-bond acceptors (Lipinski definition) is 3. The van der Waals surface area contributed by atoms with Crippen molar-refractivity contribution in [2.24, 2.45) is 11.1 Å². The number of nitrogens with one attached hydrogen (secondary N) is 1. The van der Waals surface area contributed by atoms with Gasteiger partial charge in [0.25, 0.3) is 0 Å². The average Bonchev–Trinajstić information content (AvgIpc) is 2.44. The van der Waals surface area contributed by atoms with Crippen LogP contribution in [0.2, 0.25) is 0 Å². The Labute approximate surface area is 153 Å². The third-order valence-electron chi connectivity index (χ3n) is 4.65. The predicted octanol–water partition coefficient (Wildman–Crippen LogP) is 3.57. The molecule has 2 atom stereocenters. The van der Waals surface area contributed by atoms with E-state index >= 15 is 0 Å². The van der Waals surface area contributed by atoms with Crippen LogP contribution in [-0.2, 0) is 4.79 Å². The molecule has 1 aromatic rings. The van der Waals surface area contributed by atoms with Crippen LogP contribution < -0.4 is 11.1 Å². The molecule has 1 aliphatic heterocycles. The van der Waals surface area contributed by atoms with E-state index < -0.39 is 0 Å². The molecule has 1 amide bonds. The van der Waals surface area contributed by atoms with Crippen molar-refractivity contribution in [3.05, 3.63) is 28.2 Å². The van der Waals surface area contributed by atoms with E-state index in [4.69, 9.17) is 5.73 Å². The molecule has 0 aliphatic carbocycles. The number of rotatable bonds is 3. The molecule has 6 heteroatoms. The lowest BCUT2D eigenvalue weighted by Gasteiger charge is -2.44. The number of carbonyl (C=O) groups is 1. The molecular formula is C17H27BrClN3O. The van der Waals surface area contributed by atoms with Gasteiger partial charge in [-0.2, -0.15) is 0 Å². The van der Waals surface area contributed by atoms with Gasteiger partial charge in [0.2, 0.25) is 5.91 Å². The minimum absolute atomic E-state index is 0. The predicted molar refractivity (Wildman–Crippen MR) is 102 cm³/mol. The molecular weight excluding hydrogens is 378 g/mol. The van der Waals surface area contributed by atoms with Gasteiger partial charge < -0.3 is 11.1 Å². The maximum absolute atomic E-state index is 12.5. The Morgan fingerprint density at radius 1 is 1.48 bits per heavy atom. The van der Waals surface area contributed by atoms with E-state index in [1.54, 1.807) is 0 Å². The number of benzene rings is 1. The first kappa shape index (κ1) is 20.4. The first-order chi connectivity index (χ1) is 10.2. The highest BCUT2D eigenvalue weighted by molar-refractivity contribution is 9.10. The van der Waals surface area contributed by atoms with Gasteiger partial charge in [0.05, 0.1) is 11.7 Å². The minimum Gasteiger partial charge on any atom is -0.327 e. The van der Waals surface area contributed by atoms with E-state index in [1.165, 1.54) is 0 Å². The smallest absolute Gasteiger partial charge is 0.241 e. The quantitative estimate of drug-likeness (QED) is 0.809. The van der Waals surface area contributed by atoms with Crippen molar-refractivity contribution in [3.8, 4) is 0 Å². The number of piperidine rings is 1. The topological polar surface area (TPSA) is 58.4 Å². The van der Waals surface area contributed by atoms with Gasteiger partial charge in [0.15, 0.2) is 0 Å². The van der Waals surface area contributed by atoms with Gasteiger partial charge in [-0.05, 0) is 59.3 Å². The van der Waals surface area contributed by atoms with Crippen LogP contribution in [0.15, 0.2) is 22.7 Å². The van der Waals surface area contributed by atoms with Crippen LogP contribution in [0.25, 0.3) is 0 Å². The molecule has 2 rings (SSSR count). The first-order valence-corrected chi connectivity index (χ1v) is 8.56. The minimum atomic E-state index is -0.167. The number of nitrogens with zero attached hydrogens (tertiary/aromatic N) is 1. The summed E-state index contributed by atoms with van der Waals surface area (Å²) in [6.45, 7) is 10.0. The van der Waals surface area contributed by atoms with E-state index in [-0.39, 0.29) is 35.8 Å². The molecule has 0 bridgehead atoms. The summed E-state index contributed by atoms with van der Waals surface area (Å²) in [5.74, 6) is 0.0239. The Bertz CT molecular complexity index is 565. The fourth-order valence-corrected chi connectivity index (χ4v) is 3.46. The van der Waals surface area contributed by atoms with Crippen molar-refractivity contribution in [1.29, 1.82) is 0 Å². The summed E-state index contributed by atoms with van der Waals surface area (Å²) < 4.78 is 0.911. The molecule has 4 nitrogen and oxygen atoms in total. The normalized spacial score (nSPS) is 22.1. The largest absolute Gasteiger partial charge is 0.327 e. The summed E-state index contributed by atoms with van der Waals surface area (Å²) in [5, 5.41) is 3.01. The number of halogens is 2. The Morgan fingerprint density at radius 3 is 2.70 bits per heavy atom. The van der Waals surface area contributed by atoms with Crippen molar-refractivity contribution in [3.63, 3.8) is 0 Å². The zero-order valence-corrected chi connectivity index (χ0v) is 16.6. The second-order valence-electron chi connectivity index (χ2n) is 7.00. The van der Waals surface area contributed by atoms with Crippen LogP contribution in [-0.4, -0.2) is 36.0 Å². The van der Waals surface area contributed by atoms with E-state index in [0.29, 0.717) is 0 Å². The van der Waals surface area contributed by atoms with Gasteiger partial charge in [-0.3, -0.25) is 9.69 Å². The summed E-state index contributed by atoms with van der Waals surface area (Å²) in [5.41, 5.74) is 8.19. The van der Waals surface area contributed by atoms with Crippen LogP contribution >= 0.6 is 28.3 Å². The molecule has 0 aromatic heterocycles. The third-order valence-corrected chi connectivity index (χ3v) is 5.31. The molecule has 0 saturated carbocycles. The number of amides is 1. The molecule has 23 heavy (non-hydrogen) atoms. The van der Waals surface area contributed by atoms with Crippen molar-refractivity contribution in [2.45, 2.75) is 46.2 Å². The van der Waals surface area contributed by atoms with E-state index in [2.05, 4.69) is 40.0 Å². The third kappa shape index (κ3) is 4.92. The maximum atomic E-state index is 12.5. The number of likely N-dealkylation sites (tertiary alicyclic amines) is 1. The summed E-state index contributed by atoms with van der Waals surface area (Å²) in [6, 6.07) is 5.96. The molecule has 1 saturated heterocycles. The zero-order chi connectivity index (χ0) is 16.5. The zero-order valence-electron chi connectivity index (χ0n) is 14.2. The molecule has 130 valence electrons. The van der Waals surface area contributed by atoms with Crippen LogP contribution in [0.3, 0.4) is 0 Å². The highest BCUT2D eigenvalue weighted by Gasteiger charge is 2.36. The molecule has 1 aliphatic rings. The second kappa shape index (κ2) is 7.97. The highest BCUT2D eigenvalue weighted by Crippen LogP contribution is 2.29. The van der Waals surface area contributed by atoms with E-state index in [1.807, 2.05) is 32.0 Å². The number of anilines is 1. The maximum Gasteiger partial charge on any atom is 0.241 e. The Morgan fingerprint density at radius 2 is 2.13 bits per heavy atom. The Balaban J connectivity index is 0.00000264. The second-order valence-corrected chi connectivity index (χ2v) is 7.86. The molecule has 1 fully saturated rings.